The Balaban J connectivity index is 2.14. The predicted molar refractivity (Wildman–Crippen MR) is 63.8 cm³/mol. The predicted octanol–water partition coefficient (Wildman–Crippen LogP) is 2.53. The molecule has 0 saturated heterocycles. The first-order valence-corrected chi connectivity index (χ1v) is 5.18. The van der Waals surface area contributed by atoms with Crippen molar-refractivity contribution in [1.29, 1.82) is 0 Å². The first-order valence-electron chi connectivity index (χ1n) is 4.78. The zero-order chi connectivity index (χ0) is 12.3. The number of hydrogen-bond acceptors (Lipinski definition) is 3. The van der Waals surface area contributed by atoms with E-state index in [2.05, 4.69) is 15.5 Å². The molecular formula is C11H8FN3OS. The number of amides is 1. The van der Waals surface area contributed by atoms with E-state index in [1.807, 2.05) is 0 Å². The number of nitrogens with zero attached hydrogens (tertiary/aromatic N) is 1. The van der Waals surface area contributed by atoms with Gasteiger partial charge in [0.15, 0.2) is 5.82 Å². The summed E-state index contributed by atoms with van der Waals surface area (Å²) >= 11 is 4.82. The van der Waals surface area contributed by atoms with E-state index < -0.39 is 0 Å². The summed E-state index contributed by atoms with van der Waals surface area (Å²) < 4.78 is 13.1. The molecule has 0 aliphatic heterocycles. The quantitative estimate of drug-likeness (QED) is 0.804. The molecule has 0 atom stereocenters. The number of nitrogens with one attached hydrogen (secondary N) is 2. The fraction of sp³-hybridized carbons (Fsp3) is 0. The Bertz CT molecular complexity index is 574. The molecule has 0 unspecified atom stereocenters. The molecule has 0 saturated carbocycles. The topological polar surface area (TPSA) is 57.8 Å². The lowest BCUT2D eigenvalue weighted by atomic mass is 10.2. The smallest absolute Gasteiger partial charge is 0.256 e. The number of rotatable bonds is 2. The molecule has 2 N–H and O–H groups in total. The molecule has 2 aromatic rings. The summed E-state index contributed by atoms with van der Waals surface area (Å²) in [5, 5.41) is 8.94. The van der Waals surface area contributed by atoms with Crippen molar-refractivity contribution in [3.8, 4) is 0 Å². The van der Waals surface area contributed by atoms with Crippen LogP contribution in [0.2, 0.25) is 0 Å². The van der Waals surface area contributed by atoms with Crippen LogP contribution >= 0.6 is 12.2 Å². The zero-order valence-electron chi connectivity index (χ0n) is 8.61. The highest BCUT2D eigenvalue weighted by Gasteiger charge is 2.06. The van der Waals surface area contributed by atoms with Gasteiger partial charge in [-0.05, 0) is 36.4 Å². The van der Waals surface area contributed by atoms with Gasteiger partial charge in [-0.3, -0.25) is 9.89 Å². The van der Waals surface area contributed by atoms with Crippen LogP contribution in [0.5, 0.6) is 0 Å². The van der Waals surface area contributed by atoms with Crippen molar-refractivity contribution < 1.29 is 9.18 Å². The summed E-state index contributed by atoms with van der Waals surface area (Å²) in [4.78, 5) is 11.7. The van der Waals surface area contributed by atoms with E-state index in [1.165, 1.54) is 24.3 Å². The van der Waals surface area contributed by atoms with Gasteiger partial charge >= 0.3 is 0 Å². The summed E-state index contributed by atoms with van der Waals surface area (Å²) in [6.45, 7) is 0. The molecule has 4 nitrogen and oxygen atoms in total. The van der Waals surface area contributed by atoms with Crippen LogP contribution in [0.4, 0.5) is 10.2 Å². The number of carbonyl (C=O) groups excluding carboxylic acids is 1. The van der Waals surface area contributed by atoms with Gasteiger partial charge in [0.05, 0.1) is 0 Å². The summed E-state index contributed by atoms with van der Waals surface area (Å²) in [6, 6.07) is 8.44. The van der Waals surface area contributed by atoms with Gasteiger partial charge in [-0.2, -0.15) is 5.10 Å². The lowest BCUT2D eigenvalue weighted by Gasteiger charge is -2.03. The van der Waals surface area contributed by atoms with Gasteiger partial charge in [0.25, 0.3) is 5.91 Å². The average Bonchev–Trinajstić information content (AvgIpc) is 2.33. The summed E-state index contributed by atoms with van der Waals surface area (Å²) in [7, 11) is 0. The van der Waals surface area contributed by atoms with Crippen LogP contribution in [0.15, 0.2) is 36.4 Å². The normalized spacial score (nSPS) is 9.94. The molecule has 6 heteroatoms. The Morgan fingerprint density at radius 1 is 1.24 bits per heavy atom. The molecule has 2 rings (SSSR count). The van der Waals surface area contributed by atoms with Crippen molar-refractivity contribution in [2.24, 2.45) is 0 Å². The molecule has 17 heavy (non-hydrogen) atoms. The van der Waals surface area contributed by atoms with Crippen LogP contribution in [0, 0.1) is 10.5 Å². The summed E-state index contributed by atoms with van der Waals surface area (Å²) in [5.74, 6) is -0.389. The largest absolute Gasteiger partial charge is 0.305 e. The summed E-state index contributed by atoms with van der Waals surface area (Å²) in [6.07, 6.45) is 0. The number of aromatic amines is 1. The van der Waals surface area contributed by atoms with Crippen LogP contribution in [0.25, 0.3) is 0 Å². The van der Waals surface area contributed by atoms with Crippen molar-refractivity contribution in [2.75, 3.05) is 5.32 Å². The molecule has 0 bridgehead atoms. The number of halogens is 1. The van der Waals surface area contributed by atoms with E-state index in [1.54, 1.807) is 12.1 Å². The van der Waals surface area contributed by atoms with Crippen molar-refractivity contribution in [1.82, 2.24) is 10.2 Å². The number of anilines is 1. The fourth-order valence-corrected chi connectivity index (χ4v) is 1.32. The molecule has 1 heterocycles. The first kappa shape index (κ1) is 11.4. The monoisotopic (exact) mass is 249 g/mol. The minimum atomic E-state index is -0.386. The van der Waals surface area contributed by atoms with Gasteiger partial charge in [-0.1, -0.05) is 12.2 Å². The van der Waals surface area contributed by atoms with Crippen molar-refractivity contribution in [2.45, 2.75) is 0 Å². The zero-order valence-corrected chi connectivity index (χ0v) is 9.42. The molecule has 0 spiro atoms. The number of carbonyl (C=O) groups is 1. The lowest BCUT2D eigenvalue weighted by Crippen LogP contribution is -2.13. The molecule has 1 amide bonds. The molecule has 86 valence electrons. The third kappa shape index (κ3) is 2.94. The van der Waals surface area contributed by atoms with E-state index in [9.17, 15) is 9.18 Å². The fourth-order valence-electron chi connectivity index (χ4n) is 1.20. The highest BCUT2D eigenvalue weighted by Crippen LogP contribution is 2.06. The molecule has 1 aromatic heterocycles. The lowest BCUT2D eigenvalue weighted by molar-refractivity contribution is 0.102. The van der Waals surface area contributed by atoms with Gasteiger partial charge in [0.1, 0.15) is 10.5 Å². The molecule has 0 aliphatic rings. The second-order valence-electron chi connectivity index (χ2n) is 3.27. The Labute approximate surface area is 101 Å². The number of benzene rings is 1. The molecule has 0 aliphatic carbocycles. The maximum atomic E-state index is 12.7. The van der Waals surface area contributed by atoms with Gasteiger partial charge in [0, 0.05) is 5.56 Å². The van der Waals surface area contributed by atoms with Crippen LogP contribution < -0.4 is 5.32 Å². The van der Waals surface area contributed by atoms with E-state index in [-0.39, 0.29) is 11.7 Å². The number of hydrogen-bond donors (Lipinski definition) is 2. The van der Waals surface area contributed by atoms with Gasteiger partial charge in [-0.25, -0.2) is 4.39 Å². The molecule has 1 aromatic carbocycles. The third-order valence-electron chi connectivity index (χ3n) is 2.03. The van der Waals surface area contributed by atoms with Crippen molar-refractivity contribution in [3.05, 3.63) is 52.4 Å². The Morgan fingerprint density at radius 2 is 1.94 bits per heavy atom. The molecular weight excluding hydrogens is 241 g/mol. The Hall–Kier alpha value is -2.08. The Kier molecular flexibility index (Phi) is 3.24. The van der Waals surface area contributed by atoms with Gasteiger partial charge in [-0.15, -0.1) is 0 Å². The van der Waals surface area contributed by atoms with E-state index in [4.69, 9.17) is 12.2 Å². The minimum Gasteiger partial charge on any atom is -0.305 e. The number of aromatic nitrogens is 2. The van der Waals surface area contributed by atoms with E-state index in [0.717, 1.165) is 0 Å². The Morgan fingerprint density at radius 3 is 2.53 bits per heavy atom. The SMILES string of the molecule is O=C(Nc1ccc(=S)[nH]n1)c1ccc(F)cc1. The van der Waals surface area contributed by atoms with Gasteiger partial charge in [0.2, 0.25) is 0 Å². The van der Waals surface area contributed by atoms with E-state index in [0.29, 0.717) is 16.0 Å². The maximum absolute atomic E-state index is 12.7. The summed E-state index contributed by atoms with van der Waals surface area (Å²) in [5.41, 5.74) is 0.357. The van der Waals surface area contributed by atoms with E-state index >= 15 is 0 Å². The molecule has 0 fully saturated rings. The maximum Gasteiger partial charge on any atom is 0.256 e. The van der Waals surface area contributed by atoms with Gasteiger partial charge < -0.3 is 5.32 Å². The van der Waals surface area contributed by atoms with Crippen molar-refractivity contribution >= 4 is 23.9 Å². The molecule has 0 radical (unpaired) electrons. The minimum absolute atomic E-state index is 0.355. The standard InChI is InChI=1S/C11H8FN3OS/c12-8-3-1-7(2-4-8)11(16)13-9-5-6-10(17)15-14-9/h1-6H,(H,15,17)(H,13,14,16). The average molecular weight is 249 g/mol. The second kappa shape index (κ2) is 4.84. The van der Waals surface area contributed by atoms with Crippen molar-refractivity contribution in [3.63, 3.8) is 0 Å². The first-order chi connectivity index (χ1) is 8.15. The highest BCUT2D eigenvalue weighted by molar-refractivity contribution is 7.71. The second-order valence-corrected chi connectivity index (χ2v) is 3.71. The third-order valence-corrected chi connectivity index (χ3v) is 2.25. The number of H-pyrrole nitrogens is 1. The highest BCUT2D eigenvalue weighted by atomic mass is 32.1. The van der Waals surface area contributed by atoms with Crippen LogP contribution in [0.1, 0.15) is 10.4 Å². The van der Waals surface area contributed by atoms with Crippen LogP contribution in [0.3, 0.4) is 0 Å². The van der Waals surface area contributed by atoms with Crippen LogP contribution in [-0.2, 0) is 0 Å². The van der Waals surface area contributed by atoms with Crippen LogP contribution in [-0.4, -0.2) is 16.1 Å².